The second kappa shape index (κ2) is 7.46. The van der Waals surface area contributed by atoms with E-state index in [-0.39, 0.29) is 11.7 Å². The minimum absolute atomic E-state index is 0.284. The molecule has 0 unspecified atom stereocenters. The van der Waals surface area contributed by atoms with Crippen molar-refractivity contribution in [2.45, 2.75) is 31.9 Å². The van der Waals surface area contributed by atoms with Crippen molar-refractivity contribution in [1.82, 2.24) is 9.78 Å². The van der Waals surface area contributed by atoms with Gasteiger partial charge in [0.1, 0.15) is 0 Å². The van der Waals surface area contributed by atoms with Crippen molar-refractivity contribution in [3.63, 3.8) is 0 Å². The Bertz CT molecular complexity index is 1200. The van der Waals surface area contributed by atoms with Crippen LogP contribution in [0.25, 0.3) is 5.69 Å². The number of nitrogens with two attached hydrogens (primary N) is 1. The van der Waals surface area contributed by atoms with Crippen LogP contribution in [0, 0.1) is 6.92 Å². The maximum Gasteiger partial charge on any atom is 0.276 e. The largest absolute Gasteiger partial charge is 0.321 e. The Morgan fingerprint density at radius 1 is 1.17 bits per heavy atom. The molecule has 1 aliphatic carbocycles. The summed E-state index contributed by atoms with van der Waals surface area (Å²) in [6.45, 7) is 2.02. The van der Waals surface area contributed by atoms with E-state index >= 15 is 0 Å². The molecule has 150 valence electrons. The van der Waals surface area contributed by atoms with E-state index in [1.807, 2.05) is 35.9 Å². The maximum atomic E-state index is 13.0. The number of carbonyl (C=O) groups is 1. The topological polar surface area (TPSA) is 107 Å². The molecule has 0 atom stereocenters. The van der Waals surface area contributed by atoms with Gasteiger partial charge < -0.3 is 5.32 Å². The van der Waals surface area contributed by atoms with Crippen molar-refractivity contribution in [2.24, 2.45) is 5.14 Å². The second-order valence-corrected chi connectivity index (χ2v) is 8.90. The number of aromatic nitrogens is 2. The van der Waals surface area contributed by atoms with Gasteiger partial charge >= 0.3 is 0 Å². The fraction of sp³-hybridized carbons (Fsp3) is 0.238. The van der Waals surface area contributed by atoms with Gasteiger partial charge in [-0.05, 0) is 55.5 Å². The fourth-order valence-electron chi connectivity index (χ4n) is 3.78. The molecule has 0 bridgehead atoms. The number of carbonyl (C=O) groups excluding carboxylic acids is 1. The van der Waals surface area contributed by atoms with Gasteiger partial charge in [0.2, 0.25) is 10.0 Å². The van der Waals surface area contributed by atoms with Gasteiger partial charge in [0.25, 0.3) is 5.91 Å². The van der Waals surface area contributed by atoms with E-state index in [2.05, 4.69) is 10.4 Å². The van der Waals surface area contributed by atoms with Crippen LogP contribution >= 0.6 is 0 Å². The lowest BCUT2D eigenvalue weighted by Gasteiger charge is -2.08. The molecule has 0 fully saturated rings. The molecule has 0 spiro atoms. The van der Waals surface area contributed by atoms with Crippen LogP contribution in [0.15, 0.2) is 48.5 Å². The summed E-state index contributed by atoms with van der Waals surface area (Å²) in [5, 5.41) is 12.6. The summed E-state index contributed by atoms with van der Waals surface area (Å²) < 4.78 is 24.5. The number of hydrogen-bond donors (Lipinski definition) is 2. The molecule has 3 aromatic rings. The number of amides is 1. The summed E-state index contributed by atoms with van der Waals surface area (Å²) in [6.07, 6.45) is 2.69. The van der Waals surface area contributed by atoms with Gasteiger partial charge in [0.15, 0.2) is 5.69 Å². The van der Waals surface area contributed by atoms with Crippen molar-refractivity contribution >= 4 is 21.6 Å². The number of anilines is 1. The third-order valence-corrected chi connectivity index (χ3v) is 5.78. The summed E-state index contributed by atoms with van der Waals surface area (Å²) in [4.78, 5) is 13.0. The van der Waals surface area contributed by atoms with Crippen LogP contribution < -0.4 is 10.5 Å². The zero-order valence-corrected chi connectivity index (χ0v) is 16.9. The average molecular weight is 410 g/mol. The molecule has 1 amide bonds. The molecule has 1 aromatic heterocycles. The molecule has 4 rings (SSSR count). The normalized spacial score (nSPS) is 13.3. The second-order valence-electron chi connectivity index (χ2n) is 7.29. The third kappa shape index (κ3) is 4.08. The molecule has 0 saturated carbocycles. The predicted octanol–water partition coefficient (Wildman–Crippen LogP) is 2.71. The minimum atomic E-state index is -3.64. The maximum absolute atomic E-state index is 13.0. The van der Waals surface area contributed by atoms with E-state index in [0.29, 0.717) is 16.9 Å². The van der Waals surface area contributed by atoms with Crippen LogP contribution in [0.2, 0.25) is 0 Å². The molecule has 7 nitrogen and oxygen atoms in total. The van der Waals surface area contributed by atoms with E-state index < -0.39 is 10.0 Å². The number of aryl methyl sites for hydroxylation is 1. The molecule has 0 radical (unpaired) electrons. The number of para-hydroxylation sites is 1. The number of benzene rings is 2. The molecule has 2 aromatic carbocycles. The Hall–Kier alpha value is -2.97. The van der Waals surface area contributed by atoms with E-state index in [1.54, 1.807) is 24.3 Å². The first-order chi connectivity index (χ1) is 13.8. The highest BCUT2D eigenvalue weighted by atomic mass is 32.2. The number of rotatable bonds is 5. The number of nitrogens with zero attached hydrogens (tertiary/aromatic N) is 2. The Labute approximate surface area is 169 Å². The summed E-state index contributed by atoms with van der Waals surface area (Å²) in [7, 11) is -3.64. The molecule has 0 aliphatic heterocycles. The molecular weight excluding hydrogens is 388 g/mol. The molecule has 0 saturated heterocycles. The van der Waals surface area contributed by atoms with Crippen molar-refractivity contribution in [1.29, 1.82) is 0 Å². The highest BCUT2D eigenvalue weighted by Crippen LogP contribution is 2.29. The number of sulfonamides is 1. The number of nitrogens with one attached hydrogen (secondary N) is 1. The monoisotopic (exact) mass is 410 g/mol. The zero-order chi connectivity index (χ0) is 20.6. The molecular formula is C21H22N4O3S. The SMILES string of the molecule is Cc1ccccc1-n1nc(C(=O)Nc2cccc(CS(N)(=O)=O)c2)c2c1CCC2. The Kier molecular flexibility index (Phi) is 4.97. The first-order valence-corrected chi connectivity index (χ1v) is 11.1. The summed E-state index contributed by atoms with van der Waals surface area (Å²) in [5.41, 5.74) is 5.55. The van der Waals surface area contributed by atoms with Gasteiger partial charge in [-0.3, -0.25) is 4.79 Å². The van der Waals surface area contributed by atoms with Crippen LogP contribution in [0.4, 0.5) is 5.69 Å². The lowest BCUT2D eigenvalue weighted by Crippen LogP contribution is -2.16. The Morgan fingerprint density at radius 3 is 2.72 bits per heavy atom. The van der Waals surface area contributed by atoms with Crippen molar-refractivity contribution < 1.29 is 13.2 Å². The fourth-order valence-corrected chi connectivity index (χ4v) is 4.43. The first-order valence-electron chi connectivity index (χ1n) is 9.39. The smallest absolute Gasteiger partial charge is 0.276 e. The summed E-state index contributed by atoms with van der Waals surface area (Å²) >= 11 is 0. The van der Waals surface area contributed by atoms with Crippen LogP contribution in [0.3, 0.4) is 0 Å². The third-order valence-electron chi connectivity index (χ3n) is 5.04. The highest BCUT2D eigenvalue weighted by Gasteiger charge is 2.27. The van der Waals surface area contributed by atoms with E-state index in [1.165, 1.54) is 0 Å². The van der Waals surface area contributed by atoms with Gasteiger partial charge in [-0.15, -0.1) is 0 Å². The van der Waals surface area contributed by atoms with E-state index in [9.17, 15) is 13.2 Å². The average Bonchev–Trinajstić information content (AvgIpc) is 3.23. The van der Waals surface area contributed by atoms with Gasteiger partial charge in [0, 0.05) is 16.9 Å². The van der Waals surface area contributed by atoms with Crippen LogP contribution in [0.5, 0.6) is 0 Å². The number of hydrogen-bond acceptors (Lipinski definition) is 4. The highest BCUT2D eigenvalue weighted by molar-refractivity contribution is 7.88. The van der Waals surface area contributed by atoms with Gasteiger partial charge in [-0.1, -0.05) is 30.3 Å². The van der Waals surface area contributed by atoms with E-state index in [4.69, 9.17) is 5.14 Å². The predicted molar refractivity (Wildman–Crippen MR) is 112 cm³/mol. The summed E-state index contributed by atoms with van der Waals surface area (Å²) in [5.74, 6) is -0.586. The number of primary sulfonamides is 1. The quantitative estimate of drug-likeness (QED) is 0.674. The standard InChI is InChI=1S/C21H22N4O3S/c1-14-6-2-3-10-18(14)25-19-11-5-9-17(19)20(24-25)21(26)23-16-8-4-7-15(12-16)13-29(22,27)28/h2-4,6-8,10,12H,5,9,11,13H2,1H3,(H,23,26)(H2,22,27,28). The lowest BCUT2D eigenvalue weighted by atomic mass is 10.1. The van der Waals surface area contributed by atoms with Crippen LogP contribution in [0.1, 0.15) is 39.3 Å². The molecule has 3 N–H and O–H groups in total. The zero-order valence-electron chi connectivity index (χ0n) is 16.1. The Balaban J connectivity index is 1.65. The molecule has 1 heterocycles. The van der Waals surface area contributed by atoms with Crippen LogP contribution in [-0.2, 0) is 28.6 Å². The van der Waals surface area contributed by atoms with Gasteiger partial charge in [-0.2, -0.15) is 5.10 Å². The minimum Gasteiger partial charge on any atom is -0.321 e. The van der Waals surface area contributed by atoms with Crippen molar-refractivity contribution in [3.8, 4) is 5.69 Å². The van der Waals surface area contributed by atoms with Crippen molar-refractivity contribution in [3.05, 3.63) is 76.6 Å². The van der Waals surface area contributed by atoms with Gasteiger partial charge in [0.05, 0.1) is 11.4 Å². The molecule has 1 aliphatic rings. The first kappa shape index (κ1) is 19.4. The lowest BCUT2D eigenvalue weighted by molar-refractivity contribution is 0.102. The molecule has 29 heavy (non-hydrogen) atoms. The van der Waals surface area contributed by atoms with E-state index in [0.717, 1.165) is 41.8 Å². The summed E-state index contributed by atoms with van der Waals surface area (Å²) in [6, 6.07) is 14.6. The molecule has 8 heteroatoms. The van der Waals surface area contributed by atoms with Gasteiger partial charge in [-0.25, -0.2) is 18.2 Å². The number of fused-ring (bicyclic) bond motifs is 1. The Morgan fingerprint density at radius 2 is 1.97 bits per heavy atom. The van der Waals surface area contributed by atoms with Crippen LogP contribution in [-0.4, -0.2) is 24.1 Å². The van der Waals surface area contributed by atoms with Crippen molar-refractivity contribution in [2.75, 3.05) is 5.32 Å².